The third-order valence-corrected chi connectivity index (χ3v) is 6.27. The average Bonchev–Trinajstić information content (AvgIpc) is 2.75. The van der Waals surface area contributed by atoms with E-state index < -0.39 is 16.0 Å². The predicted molar refractivity (Wildman–Crippen MR) is 111 cm³/mol. The molecule has 7 nitrogen and oxygen atoms in total. The fourth-order valence-corrected chi connectivity index (χ4v) is 3.73. The van der Waals surface area contributed by atoms with Gasteiger partial charge in [-0.1, -0.05) is 31.5 Å². The molecule has 29 heavy (non-hydrogen) atoms. The van der Waals surface area contributed by atoms with Crippen LogP contribution in [0.25, 0.3) is 0 Å². The molecule has 0 saturated heterocycles. The molecule has 2 aromatic carbocycles. The molecule has 0 aliphatic heterocycles. The van der Waals surface area contributed by atoms with E-state index in [1.807, 2.05) is 6.92 Å². The number of carbonyl (C=O) groups excluding carboxylic acids is 2. The van der Waals surface area contributed by atoms with E-state index in [2.05, 4.69) is 0 Å². The fraction of sp³-hybridized carbons (Fsp3) is 0.333. The summed E-state index contributed by atoms with van der Waals surface area (Å²) < 4.78 is 31.7. The van der Waals surface area contributed by atoms with Crippen molar-refractivity contribution in [1.82, 2.24) is 4.90 Å². The molecule has 0 radical (unpaired) electrons. The van der Waals surface area contributed by atoms with Gasteiger partial charge in [0.25, 0.3) is 15.9 Å². The van der Waals surface area contributed by atoms with Crippen LogP contribution in [0, 0.1) is 0 Å². The van der Waals surface area contributed by atoms with Crippen molar-refractivity contribution in [3.8, 4) is 0 Å². The number of hydrogen-bond donors (Lipinski definition) is 0. The van der Waals surface area contributed by atoms with Gasteiger partial charge in [0.1, 0.15) is 0 Å². The molecule has 0 atom stereocenters. The van der Waals surface area contributed by atoms with Crippen LogP contribution in [0.3, 0.4) is 0 Å². The number of likely N-dealkylation sites (N-methyl/N-ethyl adjacent to an activating group) is 1. The first-order chi connectivity index (χ1) is 13.8. The third kappa shape index (κ3) is 5.80. The van der Waals surface area contributed by atoms with Crippen molar-refractivity contribution in [3.05, 3.63) is 60.2 Å². The number of carbonyl (C=O) groups is 2. The molecule has 0 aliphatic rings. The Morgan fingerprint density at radius 2 is 1.59 bits per heavy atom. The molecule has 0 N–H and O–H groups in total. The molecule has 1 amide bonds. The van der Waals surface area contributed by atoms with E-state index in [1.165, 1.54) is 40.5 Å². The first kappa shape index (κ1) is 22.4. The van der Waals surface area contributed by atoms with Crippen LogP contribution in [0.15, 0.2) is 59.5 Å². The van der Waals surface area contributed by atoms with Gasteiger partial charge >= 0.3 is 5.97 Å². The highest BCUT2D eigenvalue weighted by Crippen LogP contribution is 2.22. The lowest BCUT2D eigenvalue weighted by molar-refractivity contribution is -0.133. The van der Waals surface area contributed by atoms with Crippen molar-refractivity contribution in [2.24, 2.45) is 0 Å². The van der Waals surface area contributed by atoms with Crippen LogP contribution < -0.4 is 4.31 Å². The summed E-state index contributed by atoms with van der Waals surface area (Å²) in [5.74, 6) is -0.960. The van der Waals surface area contributed by atoms with Crippen LogP contribution in [0.5, 0.6) is 0 Å². The number of nitrogens with zero attached hydrogens (tertiary/aromatic N) is 2. The molecule has 8 heteroatoms. The van der Waals surface area contributed by atoms with Crippen LogP contribution in [-0.2, 0) is 19.6 Å². The first-order valence-electron chi connectivity index (χ1n) is 9.32. The second kappa shape index (κ2) is 10.1. The maximum absolute atomic E-state index is 12.7. The van der Waals surface area contributed by atoms with Crippen molar-refractivity contribution in [1.29, 1.82) is 0 Å². The number of esters is 1. The van der Waals surface area contributed by atoms with Gasteiger partial charge in [0.15, 0.2) is 6.61 Å². The lowest BCUT2D eigenvalue weighted by Gasteiger charge is -2.19. The van der Waals surface area contributed by atoms with Gasteiger partial charge in [0, 0.05) is 20.6 Å². The zero-order chi connectivity index (χ0) is 21.4. The van der Waals surface area contributed by atoms with E-state index in [4.69, 9.17) is 4.74 Å². The monoisotopic (exact) mass is 418 g/mol. The van der Waals surface area contributed by atoms with Gasteiger partial charge in [-0.2, -0.15) is 0 Å². The molecule has 0 heterocycles. The number of para-hydroxylation sites is 1. The number of anilines is 1. The minimum Gasteiger partial charge on any atom is -0.452 e. The summed E-state index contributed by atoms with van der Waals surface area (Å²) in [6.45, 7) is 2.28. The lowest BCUT2D eigenvalue weighted by atomic mass is 10.2. The van der Waals surface area contributed by atoms with Crippen molar-refractivity contribution in [3.63, 3.8) is 0 Å². The Hall–Kier alpha value is -2.87. The van der Waals surface area contributed by atoms with Gasteiger partial charge in [-0.3, -0.25) is 9.10 Å². The molecule has 0 bridgehead atoms. The topological polar surface area (TPSA) is 84.0 Å². The van der Waals surface area contributed by atoms with Crippen molar-refractivity contribution >= 4 is 27.6 Å². The van der Waals surface area contributed by atoms with E-state index in [-0.39, 0.29) is 23.0 Å². The molecule has 0 saturated carbocycles. The minimum atomic E-state index is -3.76. The number of amides is 1. The quantitative estimate of drug-likeness (QED) is 0.585. The van der Waals surface area contributed by atoms with Crippen molar-refractivity contribution in [2.75, 3.05) is 31.6 Å². The highest BCUT2D eigenvalue weighted by molar-refractivity contribution is 7.92. The molecule has 2 aromatic rings. The number of rotatable bonds is 9. The fourth-order valence-electron chi connectivity index (χ4n) is 2.54. The van der Waals surface area contributed by atoms with Crippen LogP contribution in [0.2, 0.25) is 0 Å². The van der Waals surface area contributed by atoms with E-state index in [9.17, 15) is 18.0 Å². The molecular formula is C21H26N2O5S. The van der Waals surface area contributed by atoms with Crippen LogP contribution in [0.1, 0.15) is 30.1 Å². The Morgan fingerprint density at radius 1 is 0.966 bits per heavy atom. The van der Waals surface area contributed by atoms with E-state index >= 15 is 0 Å². The van der Waals surface area contributed by atoms with Gasteiger partial charge in [-0.15, -0.1) is 0 Å². The van der Waals surface area contributed by atoms with E-state index in [0.717, 1.165) is 12.8 Å². The first-order valence-corrected chi connectivity index (χ1v) is 10.8. The maximum Gasteiger partial charge on any atom is 0.338 e. The Labute approximate surface area is 171 Å². The van der Waals surface area contributed by atoms with Crippen LogP contribution in [0.4, 0.5) is 5.69 Å². The normalized spacial score (nSPS) is 11.0. The summed E-state index contributed by atoms with van der Waals surface area (Å²) >= 11 is 0. The minimum absolute atomic E-state index is 0.0516. The molecule has 0 spiro atoms. The highest BCUT2D eigenvalue weighted by atomic mass is 32.2. The number of ether oxygens (including phenoxy) is 1. The smallest absolute Gasteiger partial charge is 0.338 e. The number of sulfonamides is 1. The standard InChI is InChI=1S/C21H26N2O5S/c1-4-5-15-22(2)20(24)16-28-21(25)17-11-13-19(14-12-17)29(26,27)23(3)18-9-7-6-8-10-18/h6-14H,4-5,15-16H2,1-3H3. The third-order valence-electron chi connectivity index (χ3n) is 4.47. The number of benzene rings is 2. The van der Waals surface area contributed by atoms with Gasteiger partial charge in [0.05, 0.1) is 16.1 Å². The summed E-state index contributed by atoms with van der Waals surface area (Å²) in [5.41, 5.74) is 0.706. The molecule has 0 unspecified atom stereocenters. The molecular weight excluding hydrogens is 392 g/mol. The summed E-state index contributed by atoms with van der Waals surface area (Å²) in [4.78, 5) is 25.7. The summed E-state index contributed by atoms with van der Waals surface area (Å²) in [6, 6.07) is 14.1. The molecule has 156 valence electrons. The average molecular weight is 419 g/mol. The lowest BCUT2D eigenvalue weighted by Crippen LogP contribution is -2.32. The second-order valence-corrected chi connectivity index (χ2v) is 8.55. The number of hydrogen-bond acceptors (Lipinski definition) is 5. The maximum atomic E-state index is 12.7. The molecule has 0 fully saturated rings. The molecule has 2 rings (SSSR count). The summed E-state index contributed by atoms with van der Waals surface area (Å²) in [5, 5.41) is 0. The zero-order valence-electron chi connectivity index (χ0n) is 16.9. The van der Waals surface area contributed by atoms with Gasteiger partial charge in [-0.25, -0.2) is 13.2 Å². The van der Waals surface area contributed by atoms with Crippen molar-refractivity contribution < 1.29 is 22.7 Å². The van der Waals surface area contributed by atoms with Crippen LogP contribution in [-0.4, -0.2) is 52.4 Å². The summed E-state index contributed by atoms with van der Waals surface area (Å²) in [7, 11) is -0.633. The Morgan fingerprint density at radius 3 is 2.17 bits per heavy atom. The van der Waals surface area contributed by atoms with E-state index in [0.29, 0.717) is 12.2 Å². The van der Waals surface area contributed by atoms with Gasteiger partial charge in [0.2, 0.25) is 0 Å². The predicted octanol–water partition coefficient (Wildman–Crippen LogP) is 2.93. The molecule has 0 aromatic heterocycles. The Balaban J connectivity index is 2.02. The van der Waals surface area contributed by atoms with E-state index in [1.54, 1.807) is 37.4 Å². The zero-order valence-corrected chi connectivity index (χ0v) is 17.7. The van der Waals surface area contributed by atoms with Crippen LogP contribution >= 0.6 is 0 Å². The largest absolute Gasteiger partial charge is 0.452 e. The van der Waals surface area contributed by atoms with Crippen molar-refractivity contribution in [2.45, 2.75) is 24.7 Å². The van der Waals surface area contributed by atoms with Gasteiger partial charge in [-0.05, 0) is 42.8 Å². The summed E-state index contributed by atoms with van der Waals surface area (Å²) in [6.07, 6.45) is 1.84. The second-order valence-electron chi connectivity index (χ2n) is 6.58. The number of unbranched alkanes of at least 4 members (excludes halogenated alkanes) is 1. The molecule has 0 aliphatic carbocycles. The SMILES string of the molecule is CCCCN(C)C(=O)COC(=O)c1ccc(S(=O)(=O)N(C)c2ccccc2)cc1. The Kier molecular flexibility index (Phi) is 7.78. The Bertz CT molecular complexity index is 927. The van der Waals surface area contributed by atoms with Gasteiger partial charge < -0.3 is 9.64 Å². The highest BCUT2D eigenvalue weighted by Gasteiger charge is 2.22.